The molecule has 2 nitrogen and oxygen atoms in total. The maximum atomic E-state index is 12.8. The number of carbonyl (C=O) groups excluding carboxylic acids is 1. The van der Waals surface area contributed by atoms with Crippen LogP contribution in [0.3, 0.4) is 0 Å². The minimum atomic E-state index is 0.159. The normalized spacial score (nSPS) is 54.3. The van der Waals surface area contributed by atoms with Crippen molar-refractivity contribution in [1.29, 1.82) is 0 Å². The fourth-order valence-electron chi connectivity index (χ4n) is 6.48. The van der Waals surface area contributed by atoms with Gasteiger partial charge < -0.3 is 4.74 Å². The summed E-state index contributed by atoms with van der Waals surface area (Å²) < 4.78 is 6.12. The lowest BCUT2D eigenvalue weighted by Gasteiger charge is -2.36. The van der Waals surface area contributed by atoms with E-state index in [0.717, 1.165) is 30.6 Å². The van der Waals surface area contributed by atoms with Gasteiger partial charge >= 0.3 is 5.97 Å². The summed E-state index contributed by atoms with van der Waals surface area (Å²) in [4.78, 5) is 12.8. The first-order chi connectivity index (χ1) is 10.0. The van der Waals surface area contributed by atoms with Crippen LogP contribution in [0.4, 0.5) is 0 Å². The summed E-state index contributed by atoms with van der Waals surface area (Å²) >= 11 is 0. The van der Waals surface area contributed by atoms with Crippen LogP contribution in [0.1, 0.15) is 65.7 Å². The van der Waals surface area contributed by atoms with E-state index >= 15 is 0 Å². The zero-order valence-corrected chi connectivity index (χ0v) is 13.8. The summed E-state index contributed by atoms with van der Waals surface area (Å²) in [6, 6.07) is 0. The highest BCUT2D eigenvalue weighted by molar-refractivity contribution is 5.74. The zero-order chi connectivity index (χ0) is 14.8. The summed E-state index contributed by atoms with van der Waals surface area (Å²) in [5.74, 6) is 4.11. The van der Waals surface area contributed by atoms with Gasteiger partial charge in [0.1, 0.15) is 6.10 Å². The Morgan fingerprint density at radius 3 is 2.62 bits per heavy atom. The Kier molecular flexibility index (Phi) is 3.17. The molecule has 0 aromatic carbocycles. The number of ether oxygens (including phenoxy) is 1. The van der Waals surface area contributed by atoms with Crippen molar-refractivity contribution < 1.29 is 9.53 Å². The summed E-state index contributed by atoms with van der Waals surface area (Å²) in [5, 5.41) is 0. The predicted octanol–water partition coefficient (Wildman–Crippen LogP) is 4.43. The Balaban J connectivity index is 1.43. The van der Waals surface area contributed by atoms with Crippen molar-refractivity contribution in [3.63, 3.8) is 0 Å². The van der Waals surface area contributed by atoms with Gasteiger partial charge in [0.2, 0.25) is 0 Å². The molecule has 0 spiro atoms. The molecule has 8 unspecified atom stereocenters. The first-order valence-electron chi connectivity index (χ1n) is 9.24. The molecule has 0 aliphatic heterocycles. The highest BCUT2D eigenvalue weighted by Crippen LogP contribution is 2.59. The minimum absolute atomic E-state index is 0.159. The molecule has 4 bridgehead atoms. The Bertz CT molecular complexity index is 443. The number of hydrogen-bond acceptors (Lipinski definition) is 2. The van der Waals surface area contributed by atoms with Crippen LogP contribution < -0.4 is 0 Å². The van der Waals surface area contributed by atoms with Crippen LogP contribution in [0.5, 0.6) is 0 Å². The molecule has 118 valence electrons. The van der Waals surface area contributed by atoms with E-state index in [9.17, 15) is 4.79 Å². The Morgan fingerprint density at radius 2 is 2.00 bits per heavy atom. The van der Waals surface area contributed by atoms with E-state index in [2.05, 4.69) is 20.8 Å². The molecule has 8 atom stereocenters. The molecule has 0 aromatic heterocycles. The molecular formula is C19H30O2. The van der Waals surface area contributed by atoms with Crippen molar-refractivity contribution in [3.8, 4) is 0 Å². The van der Waals surface area contributed by atoms with Crippen molar-refractivity contribution in [2.45, 2.75) is 71.8 Å². The molecule has 0 saturated heterocycles. The molecule has 4 aliphatic carbocycles. The highest BCUT2D eigenvalue weighted by atomic mass is 16.5. The lowest BCUT2D eigenvalue weighted by molar-refractivity contribution is -0.163. The van der Waals surface area contributed by atoms with Gasteiger partial charge in [0.25, 0.3) is 0 Å². The number of rotatable bonds is 3. The third-order valence-electron chi connectivity index (χ3n) is 8.14. The quantitative estimate of drug-likeness (QED) is 0.719. The van der Waals surface area contributed by atoms with E-state index in [4.69, 9.17) is 4.74 Å². The predicted molar refractivity (Wildman–Crippen MR) is 82.6 cm³/mol. The summed E-state index contributed by atoms with van der Waals surface area (Å²) in [7, 11) is 0. The smallest absolute Gasteiger partial charge is 0.309 e. The first kappa shape index (κ1) is 14.1. The van der Waals surface area contributed by atoms with Gasteiger partial charge in [0, 0.05) is 5.41 Å². The minimum Gasteiger partial charge on any atom is -0.462 e. The second kappa shape index (κ2) is 4.73. The molecule has 4 aliphatic rings. The number of esters is 1. The molecule has 4 rings (SSSR count). The third-order valence-corrected chi connectivity index (χ3v) is 8.14. The number of fused-ring (bicyclic) bond motifs is 4. The second-order valence-electron chi connectivity index (χ2n) is 8.71. The topological polar surface area (TPSA) is 26.3 Å². The van der Waals surface area contributed by atoms with Gasteiger partial charge in [-0.25, -0.2) is 0 Å². The van der Waals surface area contributed by atoms with Gasteiger partial charge in [0.15, 0.2) is 0 Å². The Labute approximate surface area is 129 Å². The maximum absolute atomic E-state index is 12.8. The summed E-state index contributed by atoms with van der Waals surface area (Å²) in [6.45, 7) is 7.01. The van der Waals surface area contributed by atoms with Crippen LogP contribution in [0.2, 0.25) is 0 Å². The van der Waals surface area contributed by atoms with Crippen LogP contribution in [0.25, 0.3) is 0 Å². The number of hydrogen-bond donors (Lipinski definition) is 0. The molecule has 21 heavy (non-hydrogen) atoms. The first-order valence-corrected chi connectivity index (χ1v) is 9.24. The van der Waals surface area contributed by atoms with E-state index in [1.165, 1.54) is 32.1 Å². The van der Waals surface area contributed by atoms with E-state index < -0.39 is 0 Å². The van der Waals surface area contributed by atoms with E-state index in [1.54, 1.807) is 0 Å². The Morgan fingerprint density at radius 1 is 1.19 bits per heavy atom. The van der Waals surface area contributed by atoms with Crippen LogP contribution in [0.15, 0.2) is 0 Å². The van der Waals surface area contributed by atoms with Gasteiger partial charge in [-0.2, -0.15) is 0 Å². The fourth-order valence-corrected chi connectivity index (χ4v) is 6.48. The van der Waals surface area contributed by atoms with Gasteiger partial charge in [-0.1, -0.05) is 20.8 Å². The van der Waals surface area contributed by atoms with Gasteiger partial charge in [-0.3, -0.25) is 4.79 Å². The van der Waals surface area contributed by atoms with Crippen LogP contribution in [0, 0.1) is 40.9 Å². The average molecular weight is 290 g/mol. The lowest BCUT2D eigenvalue weighted by atomic mass is 9.75. The van der Waals surface area contributed by atoms with Crippen molar-refractivity contribution in [1.82, 2.24) is 0 Å². The Hall–Kier alpha value is -0.530. The third kappa shape index (κ3) is 1.93. The molecule has 0 N–H and O–H groups in total. The summed E-state index contributed by atoms with van der Waals surface area (Å²) in [5.41, 5.74) is 0.344. The molecule has 0 radical (unpaired) electrons. The molecular weight excluding hydrogens is 260 g/mol. The zero-order valence-electron chi connectivity index (χ0n) is 13.8. The molecule has 2 heteroatoms. The largest absolute Gasteiger partial charge is 0.462 e. The maximum Gasteiger partial charge on any atom is 0.309 e. The van der Waals surface area contributed by atoms with E-state index in [-0.39, 0.29) is 18.0 Å². The highest BCUT2D eigenvalue weighted by Gasteiger charge is 2.55. The molecule has 0 aromatic rings. The average Bonchev–Trinajstić information content (AvgIpc) is 3.21. The van der Waals surface area contributed by atoms with Crippen molar-refractivity contribution >= 4 is 5.97 Å². The van der Waals surface area contributed by atoms with E-state index in [0.29, 0.717) is 17.3 Å². The number of carbonyl (C=O) groups is 1. The van der Waals surface area contributed by atoms with Crippen LogP contribution >= 0.6 is 0 Å². The van der Waals surface area contributed by atoms with Gasteiger partial charge in [-0.05, 0) is 74.5 Å². The van der Waals surface area contributed by atoms with E-state index in [1.807, 2.05) is 0 Å². The lowest BCUT2D eigenvalue weighted by Crippen LogP contribution is -2.38. The van der Waals surface area contributed by atoms with Crippen LogP contribution in [-0.4, -0.2) is 12.1 Å². The molecule has 0 heterocycles. The van der Waals surface area contributed by atoms with Crippen molar-refractivity contribution in [2.75, 3.05) is 0 Å². The van der Waals surface area contributed by atoms with Gasteiger partial charge in [-0.15, -0.1) is 0 Å². The molecule has 0 amide bonds. The molecule has 4 saturated carbocycles. The van der Waals surface area contributed by atoms with Crippen LogP contribution in [-0.2, 0) is 9.53 Å². The van der Waals surface area contributed by atoms with Crippen molar-refractivity contribution in [2.24, 2.45) is 40.9 Å². The molecule has 4 fully saturated rings. The SMILES string of the molecule is CCC12CCC(CC1OC(=O)C1CC3CC1C(C)C3C)C2. The fraction of sp³-hybridized carbons (Fsp3) is 0.947. The second-order valence-corrected chi connectivity index (χ2v) is 8.71. The monoisotopic (exact) mass is 290 g/mol. The summed E-state index contributed by atoms with van der Waals surface area (Å²) in [6.07, 6.45) is 8.91. The van der Waals surface area contributed by atoms with Gasteiger partial charge in [0.05, 0.1) is 5.92 Å². The standard InChI is InChI=1S/C19H30O2/c1-4-19-6-5-13(10-19)7-17(19)21-18(20)16-9-14-8-15(16)12(3)11(14)2/h11-17H,4-10H2,1-3H3. The van der Waals surface area contributed by atoms with Crippen molar-refractivity contribution in [3.05, 3.63) is 0 Å².